The second-order valence-electron chi connectivity index (χ2n) is 10.4. The van der Waals surface area contributed by atoms with Crippen LogP contribution in [0.2, 0.25) is 0 Å². The minimum atomic E-state index is -0.854. The van der Waals surface area contributed by atoms with Crippen LogP contribution in [0, 0.1) is 11.8 Å². The molecule has 0 aromatic heterocycles. The zero-order chi connectivity index (χ0) is 25.6. The van der Waals surface area contributed by atoms with Gasteiger partial charge >= 0.3 is 0 Å². The molecule has 192 valence electrons. The fraction of sp³-hybridized carbons (Fsp3) is 0.536. The molecule has 3 amide bonds. The Morgan fingerprint density at radius 2 is 1.78 bits per heavy atom. The van der Waals surface area contributed by atoms with Gasteiger partial charge in [-0.25, -0.2) is 0 Å². The monoisotopic (exact) mass is 509 g/mol. The van der Waals surface area contributed by atoms with Gasteiger partial charge < -0.3 is 19.8 Å². The van der Waals surface area contributed by atoms with Gasteiger partial charge in [0.05, 0.1) is 29.2 Å². The average Bonchev–Trinajstić information content (AvgIpc) is 3.20. The Bertz CT molecular complexity index is 1090. The quantitative estimate of drug-likeness (QED) is 0.597. The number of hydrogen-bond acceptors (Lipinski definition) is 5. The summed E-state index contributed by atoms with van der Waals surface area (Å²) in [5.74, 6) is -1.64. The summed E-state index contributed by atoms with van der Waals surface area (Å²) < 4.78 is -0.854. The van der Waals surface area contributed by atoms with Crippen molar-refractivity contribution in [2.24, 2.45) is 11.8 Å². The fourth-order valence-corrected chi connectivity index (χ4v) is 8.46. The molecule has 0 saturated carbocycles. The first-order chi connectivity index (χ1) is 17.4. The van der Waals surface area contributed by atoms with E-state index in [0.29, 0.717) is 13.1 Å². The van der Waals surface area contributed by atoms with Crippen molar-refractivity contribution in [2.75, 3.05) is 24.6 Å². The van der Waals surface area contributed by atoms with E-state index in [1.54, 1.807) is 28.5 Å². The Morgan fingerprint density at radius 3 is 2.47 bits per heavy atom. The summed E-state index contributed by atoms with van der Waals surface area (Å²) in [6, 6.07) is 8.30. The zero-order valence-electron chi connectivity index (χ0n) is 21.1. The standard InChI is InChI=1S/C28H35N3O4S/c1-4-10-18(2)29-16-9-14-28-23(26(34)31(19(3)17-32)24(28)27(29)35)22-21(36-28)13-8-15-30(25(22)33)20-11-6-5-7-12-20/h5-9,11-14,18-19,21-24,32H,4,10,15-17H2,1-3H3/t18?,19-,21-,22+,23+,24?,28+/m1/s1. The molecule has 0 radical (unpaired) electrons. The second-order valence-corrected chi connectivity index (χ2v) is 11.8. The van der Waals surface area contributed by atoms with Gasteiger partial charge in [-0.15, -0.1) is 11.8 Å². The predicted molar refractivity (Wildman–Crippen MR) is 141 cm³/mol. The zero-order valence-corrected chi connectivity index (χ0v) is 21.9. The van der Waals surface area contributed by atoms with E-state index in [1.807, 2.05) is 59.5 Å². The van der Waals surface area contributed by atoms with Crippen LogP contribution in [-0.4, -0.2) is 80.4 Å². The summed E-state index contributed by atoms with van der Waals surface area (Å²) in [6.45, 7) is 6.62. The van der Waals surface area contributed by atoms with Gasteiger partial charge in [0.1, 0.15) is 6.04 Å². The number of hydrogen-bond donors (Lipinski definition) is 1. The van der Waals surface area contributed by atoms with Crippen LogP contribution in [0.1, 0.15) is 33.6 Å². The van der Waals surface area contributed by atoms with Crippen molar-refractivity contribution in [1.29, 1.82) is 0 Å². The molecule has 8 heteroatoms. The van der Waals surface area contributed by atoms with E-state index in [0.717, 1.165) is 18.5 Å². The Kier molecular flexibility index (Phi) is 6.76. The van der Waals surface area contributed by atoms with Crippen LogP contribution in [0.4, 0.5) is 5.69 Å². The van der Waals surface area contributed by atoms with Gasteiger partial charge in [0.25, 0.3) is 0 Å². The number of rotatable bonds is 6. The Hall–Kier alpha value is -2.58. The number of para-hydroxylation sites is 1. The number of likely N-dealkylation sites (tertiary alicyclic amines) is 1. The number of benzene rings is 1. The van der Waals surface area contributed by atoms with E-state index in [9.17, 15) is 19.5 Å². The maximum Gasteiger partial charge on any atom is 0.247 e. The molecule has 4 aliphatic rings. The van der Waals surface area contributed by atoms with Crippen LogP contribution in [0.3, 0.4) is 0 Å². The molecule has 0 bridgehead atoms. The van der Waals surface area contributed by atoms with Crippen LogP contribution in [0.25, 0.3) is 0 Å². The molecule has 7 nitrogen and oxygen atoms in total. The molecule has 4 heterocycles. The number of fused-ring (bicyclic) bond motifs is 2. The van der Waals surface area contributed by atoms with Crippen molar-refractivity contribution in [3.63, 3.8) is 0 Å². The van der Waals surface area contributed by atoms with E-state index in [4.69, 9.17) is 0 Å². The minimum absolute atomic E-state index is 0.0368. The highest BCUT2D eigenvalue weighted by atomic mass is 32.2. The van der Waals surface area contributed by atoms with Gasteiger partial charge in [0, 0.05) is 30.1 Å². The lowest BCUT2D eigenvalue weighted by atomic mass is 9.78. The van der Waals surface area contributed by atoms with Crippen LogP contribution < -0.4 is 4.90 Å². The molecule has 7 atom stereocenters. The lowest BCUT2D eigenvalue weighted by Gasteiger charge is -2.39. The molecule has 1 aromatic carbocycles. The van der Waals surface area contributed by atoms with Gasteiger partial charge in [-0.3, -0.25) is 14.4 Å². The summed E-state index contributed by atoms with van der Waals surface area (Å²) >= 11 is 1.58. The molecule has 2 saturated heterocycles. The highest BCUT2D eigenvalue weighted by molar-refractivity contribution is 8.02. The Labute approximate surface area is 217 Å². The summed E-state index contributed by atoms with van der Waals surface area (Å²) in [5, 5.41) is 9.87. The molecule has 5 rings (SSSR count). The minimum Gasteiger partial charge on any atom is -0.394 e. The predicted octanol–water partition coefficient (Wildman–Crippen LogP) is 2.85. The van der Waals surface area contributed by atoms with E-state index in [2.05, 4.69) is 13.8 Å². The largest absolute Gasteiger partial charge is 0.394 e. The summed E-state index contributed by atoms with van der Waals surface area (Å²) in [6.07, 6.45) is 9.93. The number of thioether (sulfide) groups is 1. The molecular weight excluding hydrogens is 474 g/mol. The summed E-state index contributed by atoms with van der Waals surface area (Å²) in [5.41, 5.74) is 0.799. The van der Waals surface area contributed by atoms with E-state index in [1.165, 1.54) is 0 Å². The topological polar surface area (TPSA) is 81.2 Å². The van der Waals surface area contributed by atoms with Crippen LogP contribution in [0.15, 0.2) is 54.6 Å². The number of aliphatic hydroxyl groups is 1. The SMILES string of the molecule is CCCC(C)N1CC=C[C@]23S[C@@H]4C=CCN(c5ccccc5)C(=O)[C@@H]4[C@H]2C(=O)N([C@H](C)CO)C3C1=O. The highest BCUT2D eigenvalue weighted by Crippen LogP contribution is 2.61. The van der Waals surface area contributed by atoms with Crippen molar-refractivity contribution < 1.29 is 19.5 Å². The number of carbonyl (C=O) groups excluding carboxylic acids is 3. The van der Waals surface area contributed by atoms with Crippen molar-refractivity contribution in [2.45, 2.75) is 61.7 Å². The molecule has 2 fully saturated rings. The first kappa shape index (κ1) is 25.1. The van der Waals surface area contributed by atoms with Crippen LogP contribution in [-0.2, 0) is 14.4 Å². The van der Waals surface area contributed by atoms with Gasteiger partial charge in [-0.05, 0) is 32.4 Å². The van der Waals surface area contributed by atoms with Crippen molar-refractivity contribution in [3.8, 4) is 0 Å². The second kappa shape index (κ2) is 9.71. The molecule has 0 aliphatic carbocycles. The Morgan fingerprint density at radius 1 is 1.03 bits per heavy atom. The van der Waals surface area contributed by atoms with Gasteiger partial charge in [-0.1, -0.05) is 55.8 Å². The molecule has 2 unspecified atom stereocenters. The number of carbonyl (C=O) groups is 3. The highest BCUT2D eigenvalue weighted by Gasteiger charge is 2.71. The Balaban J connectivity index is 1.60. The van der Waals surface area contributed by atoms with Gasteiger partial charge in [-0.2, -0.15) is 0 Å². The van der Waals surface area contributed by atoms with Crippen molar-refractivity contribution >= 4 is 35.2 Å². The normalized spacial score (nSPS) is 33.2. The molecule has 1 aromatic rings. The summed E-state index contributed by atoms with van der Waals surface area (Å²) in [7, 11) is 0. The first-order valence-corrected chi connectivity index (χ1v) is 13.9. The lowest BCUT2D eigenvalue weighted by molar-refractivity contribution is -0.146. The summed E-state index contributed by atoms with van der Waals surface area (Å²) in [4.78, 5) is 47.6. The molecular formula is C28H35N3O4S. The third-order valence-corrected chi connectivity index (χ3v) is 9.92. The number of nitrogens with zero attached hydrogens (tertiary/aromatic N) is 3. The smallest absolute Gasteiger partial charge is 0.247 e. The number of amides is 3. The molecule has 1 N–H and O–H groups in total. The van der Waals surface area contributed by atoms with Gasteiger partial charge in [0.15, 0.2) is 0 Å². The van der Waals surface area contributed by atoms with E-state index in [-0.39, 0.29) is 35.6 Å². The number of aliphatic hydroxyl groups excluding tert-OH is 1. The maximum absolute atomic E-state index is 14.2. The van der Waals surface area contributed by atoms with Crippen molar-refractivity contribution in [3.05, 3.63) is 54.6 Å². The van der Waals surface area contributed by atoms with Crippen LogP contribution in [0.5, 0.6) is 0 Å². The van der Waals surface area contributed by atoms with E-state index >= 15 is 0 Å². The third kappa shape index (κ3) is 3.72. The third-order valence-electron chi connectivity index (χ3n) is 8.17. The average molecular weight is 510 g/mol. The maximum atomic E-state index is 14.2. The molecule has 36 heavy (non-hydrogen) atoms. The lowest BCUT2D eigenvalue weighted by Crippen LogP contribution is -2.57. The van der Waals surface area contributed by atoms with E-state index < -0.39 is 28.7 Å². The van der Waals surface area contributed by atoms with Gasteiger partial charge in [0.2, 0.25) is 17.7 Å². The molecule has 1 spiro atoms. The fourth-order valence-electron chi connectivity index (χ4n) is 6.47. The number of anilines is 1. The van der Waals surface area contributed by atoms with Crippen LogP contribution >= 0.6 is 11.8 Å². The molecule has 4 aliphatic heterocycles. The first-order valence-electron chi connectivity index (χ1n) is 13.0. The van der Waals surface area contributed by atoms with Crippen molar-refractivity contribution in [1.82, 2.24) is 9.80 Å².